The molecule has 3 nitrogen and oxygen atoms in total. The quantitative estimate of drug-likeness (QED) is 0.809. The van der Waals surface area contributed by atoms with Crippen LogP contribution in [-0.2, 0) is 10.8 Å². The third kappa shape index (κ3) is 3.04. The third-order valence-corrected chi connectivity index (χ3v) is 6.36. The van der Waals surface area contributed by atoms with Gasteiger partial charge in [0.25, 0.3) is 5.91 Å². The van der Waals surface area contributed by atoms with Crippen LogP contribution in [0.3, 0.4) is 0 Å². The van der Waals surface area contributed by atoms with Gasteiger partial charge in [0.15, 0.2) is 0 Å². The Morgan fingerprint density at radius 2 is 2.24 bits per heavy atom. The molecule has 0 spiro atoms. The molecule has 0 unspecified atom stereocenters. The first-order valence-corrected chi connectivity index (χ1v) is 9.53. The van der Waals surface area contributed by atoms with Gasteiger partial charge in [-0.25, -0.2) is 0 Å². The maximum absolute atomic E-state index is 12.8. The van der Waals surface area contributed by atoms with Crippen LogP contribution in [0.1, 0.15) is 22.8 Å². The summed E-state index contributed by atoms with van der Waals surface area (Å²) in [6.07, 6.45) is 0. The number of carbonyl (C=O) groups excluding carboxylic acids is 1. The minimum absolute atomic E-state index is 0.0795. The van der Waals surface area contributed by atoms with E-state index < -0.39 is 10.8 Å². The fourth-order valence-corrected chi connectivity index (χ4v) is 5.15. The maximum Gasteiger partial charge on any atom is 0.255 e. The Morgan fingerprint density at radius 3 is 3.05 bits per heavy atom. The first-order valence-electron chi connectivity index (χ1n) is 7.16. The molecule has 0 bridgehead atoms. The standard InChI is InChI=1S/C16H19NO2S2/c1-11-3-4-13-14(9-20-15(13)7-11)16(18)17-5-6-21(19)10-12(2)8-17/h3-4,7,9,12H,5-6,8,10H2,1-2H3/t12-,21+/m1/s1. The van der Waals surface area contributed by atoms with Crippen molar-refractivity contribution < 1.29 is 9.00 Å². The minimum Gasteiger partial charge on any atom is -0.337 e. The molecule has 1 aliphatic heterocycles. The molecule has 0 aliphatic carbocycles. The SMILES string of the molecule is Cc1ccc2c(C(=O)N3CC[S@](=O)C[C@H](C)C3)csc2c1. The Hall–Kier alpha value is -1.20. The lowest BCUT2D eigenvalue weighted by Gasteiger charge is -2.22. The lowest BCUT2D eigenvalue weighted by atomic mass is 10.1. The van der Waals surface area contributed by atoms with Gasteiger partial charge in [0.2, 0.25) is 0 Å². The molecule has 1 aromatic carbocycles. The summed E-state index contributed by atoms with van der Waals surface area (Å²) in [6, 6.07) is 6.20. The van der Waals surface area contributed by atoms with Crippen LogP contribution in [0.25, 0.3) is 10.1 Å². The van der Waals surface area contributed by atoms with Crippen molar-refractivity contribution in [3.8, 4) is 0 Å². The number of aryl methyl sites for hydroxylation is 1. The predicted molar refractivity (Wildman–Crippen MR) is 89.5 cm³/mol. The Morgan fingerprint density at radius 1 is 1.43 bits per heavy atom. The van der Waals surface area contributed by atoms with Crippen molar-refractivity contribution in [1.82, 2.24) is 4.90 Å². The molecule has 3 rings (SSSR count). The van der Waals surface area contributed by atoms with Crippen molar-refractivity contribution in [1.29, 1.82) is 0 Å². The second-order valence-corrected chi connectivity index (χ2v) is 8.35. The highest BCUT2D eigenvalue weighted by atomic mass is 32.2. The van der Waals surface area contributed by atoms with E-state index in [9.17, 15) is 9.00 Å². The Balaban J connectivity index is 1.91. The second kappa shape index (κ2) is 5.89. The maximum atomic E-state index is 12.8. The van der Waals surface area contributed by atoms with Crippen molar-refractivity contribution in [2.45, 2.75) is 13.8 Å². The van der Waals surface area contributed by atoms with Crippen LogP contribution < -0.4 is 0 Å². The normalized spacial score (nSPS) is 23.2. The second-order valence-electron chi connectivity index (χ2n) is 5.82. The summed E-state index contributed by atoms with van der Waals surface area (Å²) >= 11 is 1.62. The van der Waals surface area contributed by atoms with E-state index in [0.29, 0.717) is 30.5 Å². The van der Waals surface area contributed by atoms with Crippen LogP contribution in [0.2, 0.25) is 0 Å². The minimum atomic E-state index is -0.793. The molecular formula is C16H19NO2S2. The van der Waals surface area contributed by atoms with Gasteiger partial charge in [-0.1, -0.05) is 19.1 Å². The molecule has 0 saturated carbocycles. The summed E-state index contributed by atoms with van der Waals surface area (Å²) in [5.41, 5.74) is 2.00. The lowest BCUT2D eigenvalue weighted by Crippen LogP contribution is -2.35. The van der Waals surface area contributed by atoms with Crippen molar-refractivity contribution >= 4 is 38.1 Å². The molecule has 112 valence electrons. The highest BCUT2D eigenvalue weighted by Gasteiger charge is 2.25. The number of benzene rings is 1. The summed E-state index contributed by atoms with van der Waals surface area (Å²) in [5.74, 6) is 1.67. The van der Waals surface area contributed by atoms with Gasteiger partial charge in [-0.3, -0.25) is 9.00 Å². The topological polar surface area (TPSA) is 37.4 Å². The zero-order valence-corrected chi connectivity index (χ0v) is 13.9. The lowest BCUT2D eigenvalue weighted by molar-refractivity contribution is 0.0754. The fourth-order valence-electron chi connectivity index (χ4n) is 2.79. The van der Waals surface area contributed by atoms with Gasteiger partial charge >= 0.3 is 0 Å². The summed E-state index contributed by atoms with van der Waals surface area (Å²) < 4.78 is 12.9. The largest absolute Gasteiger partial charge is 0.337 e. The summed E-state index contributed by atoms with van der Waals surface area (Å²) in [5, 5.41) is 2.99. The molecule has 21 heavy (non-hydrogen) atoms. The zero-order valence-electron chi connectivity index (χ0n) is 12.3. The molecule has 0 N–H and O–H groups in total. The van der Waals surface area contributed by atoms with Crippen LogP contribution >= 0.6 is 11.3 Å². The fraction of sp³-hybridized carbons (Fsp3) is 0.438. The smallest absolute Gasteiger partial charge is 0.255 e. The van der Waals surface area contributed by atoms with Gasteiger partial charge in [0.05, 0.1) is 5.56 Å². The van der Waals surface area contributed by atoms with Crippen LogP contribution in [0.5, 0.6) is 0 Å². The van der Waals surface area contributed by atoms with Gasteiger partial charge in [0, 0.05) is 50.9 Å². The summed E-state index contributed by atoms with van der Waals surface area (Å²) in [6.45, 7) is 5.43. The van der Waals surface area contributed by atoms with Crippen molar-refractivity contribution in [2.24, 2.45) is 5.92 Å². The molecule has 1 aromatic heterocycles. The molecule has 2 heterocycles. The highest BCUT2D eigenvalue weighted by molar-refractivity contribution is 7.85. The number of nitrogens with zero attached hydrogens (tertiary/aromatic N) is 1. The monoisotopic (exact) mass is 321 g/mol. The van der Waals surface area contributed by atoms with E-state index in [1.807, 2.05) is 22.4 Å². The van der Waals surface area contributed by atoms with Crippen LogP contribution in [-0.4, -0.2) is 39.6 Å². The van der Waals surface area contributed by atoms with E-state index in [1.165, 1.54) is 5.56 Å². The summed E-state index contributed by atoms with van der Waals surface area (Å²) in [4.78, 5) is 14.7. The number of carbonyl (C=O) groups is 1. The van der Waals surface area contributed by atoms with Gasteiger partial charge in [-0.15, -0.1) is 11.3 Å². The van der Waals surface area contributed by atoms with Gasteiger partial charge < -0.3 is 4.90 Å². The number of hydrogen-bond donors (Lipinski definition) is 0. The van der Waals surface area contributed by atoms with Crippen molar-refractivity contribution in [3.05, 3.63) is 34.7 Å². The van der Waals surface area contributed by atoms with E-state index in [-0.39, 0.29) is 5.91 Å². The highest BCUT2D eigenvalue weighted by Crippen LogP contribution is 2.28. The number of thiophene rings is 1. The van der Waals surface area contributed by atoms with Crippen LogP contribution in [0.15, 0.2) is 23.6 Å². The number of rotatable bonds is 1. The van der Waals surface area contributed by atoms with Gasteiger partial charge in [-0.05, 0) is 24.5 Å². The molecule has 1 fully saturated rings. The summed E-state index contributed by atoms with van der Waals surface area (Å²) in [7, 11) is -0.793. The van der Waals surface area contributed by atoms with Crippen molar-refractivity contribution in [3.63, 3.8) is 0 Å². The average Bonchev–Trinajstić information content (AvgIpc) is 2.76. The Kier molecular flexibility index (Phi) is 4.13. The van der Waals surface area contributed by atoms with E-state index in [4.69, 9.17) is 0 Å². The first-order chi connectivity index (χ1) is 10.0. The molecule has 2 atom stereocenters. The van der Waals surface area contributed by atoms with E-state index in [2.05, 4.69) is 19.9 Å². The van der Waals surface area contributed by atoms with E-state index in [0.717, 1.165) is 15.6 Å². The molecular weight excluding hydrogens is 302 g/mol. The Labute approximate surface area is 131 Å². The molecule has 1 saturated heterocycles. The van der Waals surface area contributed by atoms with Crippen LogP contribution in [0.4, 0.5) is 0 Å². The number of amides is 1. The predicted octanol–water partition coefficient (Wildman–Crippen LogP) is 3.05. The van der Waals surface area contributed by atoms with Gasteiger partial charge in [-0.2, -0.15) is 0 Å². The average molecular weight is 321 g/mol. The molecule has 0 radical (unpaired) electrons. The molecule has 1 aliphatic rings. The van der Waals surface area contributed by atoms with Crippen molar-refractivity contribution in [2.75, 3.05) is 24.6 Å². The zero-order chi connectivity index (χ0) is 15.0. The Bertz CT molecular complexity index is 707. The third-order valence-electron chi connectivity index (χ3n) is 3.84. The molecule has 1 amide bonds. The van der Waals surface area contributed by atoms with Gasteiger partial charge in [0.1, 0.15) is 0 Å². The number of hydrogen-bond acceptors (Lipinski definition) is 3. The molecule has 2 aromatic rings. The van der Waals surface area contributed by atoms with E-state index >= 15 is 0 Å². The van der Waals surface area contributed by atoms with Crippen LogP contribution in [0, 0.1) is 12.8 Å². The number of fused-ring (bicyclic) bond motifs is 1. The molecule has 5 heteroatoms. The first kappa shape index (κ1) is 14.7. The van der Waals surface area contributed by atoms with E-state index in [1.54, 1.807) is 11.3 Å².